The maximum absolute atomic E-state index is 13.1. The summed E-state index contributed by atoms with van der Waals surface area (Å²) in [7, 11) is -3.69. The van der Waals surface area contributed by atoms with Crippen LogP contribution in [-0.4, -0.2) is 92.3 Å². The van der Waals surface area contributed by atoms with E-state index in [0.29, 0.717) is 24.7 Å². The van der Waals surface area contributed by atoms with Gasteiger partial charge in [-0.3, -0.25) is 9.69 Å². The number of carbonyl (C=O) groups excluding carboxylic acids is 1. The third-order valence-electron chi connectivity index (χ3n) is 5.81. The highest BCUT2D eigenvalue weighted by atomic mass is 35.5. The molecule has 4 rings (SSSR count). The zero-order valence-corrected chi connectivity index (χ0v) is 19.1. The Morgan fingerprint density at radius 3 is 2.19 bits per heavy atom. The molecule has 0 N–H and O–H groups in total. The molecule has 0 unspecified atom stereocenters. The lowest BCUT2D eigenvalue weighted by atomic mass is 10.3. The number of nitrogens with zero attached hydrogens (tertiary/aromatic N) is 5. The largest absolute Gasteiger partial charge is 0.354 e. The van der Waals surface area contributed by atoms with Crippen LogP contribution in [0.2, 0.25) is 5.02 Å². The van der Waals surface area contributed by atoms with Gasteiger partial charge in [0.05, 0.1) is 16.5 Å². The molecule has 11 heteroatoms. The lowest BCUT2D eigenvalue weighted by molar-refractivity contribution is -0.133. The summed E-state index contributed by atoms with van der Waals surface area (Å²) in [6.45, 7) is 4.47. The van der Waals surface area contributed by atoms with Crippen LogP contribution in [0.5, 0.6) is 0 Å². The molecule has 172 valence electrons. The van der Waals surface area contributed by atoms with Crippen LogP contribution in [0.1, 0.15) is 0 Å². The van der Waals surface area contributed by atoms with E-state index in [1.165, 1.54) is 16.4 Å². The molecule has 2 aromatic rings. The van der Waals surface area contributed by atoms with E-state index < -0.39 is 15.8 Å². The van der Waals surface area contributed by atoms with Gasteiger partial charge in [0.25, 0.3) is 0 Å². The fourth-order valence-corrected chi connectivity index (χ4v) is 5.45. The Hall–Kier alpha value is -2.27. The average molecular weight is 482 g/mol. The van der Waals surface area contributed by atoms with Crippen LogP contribution in [0.3, 0.4) is 0 Å². The van der Waals surface area contributed by atoms with Crippen molar-refractivity contribution in [1.29, 1.82) is 0 Å². The predicted molar refractivity (Wildman–Crippen MR) is 120 cm³/mol. The van der Waals surface area contributed by atoms with E-state index in [1.807, 2.05) is 12.1 Å². The van der Waals surface area contributed by atoms with Gasteiger partial charge in [-0.05, 0) is 36.4 Å². The molecule has 2 fully saturated rings. The van der Waals surface area contributed by atoms with E-state index in [0.717, 1.165) is 44.1 Å². The van der Waals surface area contributed by atoms with Crippen molar-refractivity contribution in [2.24, 2.45) is 0 Å². The summed E-state index contributed by atoms with van der Waals surface area (Å²) in [5.41, 5.74) is 0. The second kappa shape index (κ2) is 9.70. The average Bonchev–Trinajstić information content (AvgIpc) is 2.80. The van der Waals surface area contributed by atoms with Crippen LogP contribution >= 0.6 is 11.6 Å². The summed E-state index contributed by atoms with van der Waals surface area (Å²) < 4.78 is 39.9. The third-order valence-corrected chi connectivity index (χ3v) is 7.95. The highest BCUT2D eigenvalue weighted by Gasteiger charge is 2.31. The maximum atomic E-state index is 13.1. The van der Waals surface area contributed by atoms with Crippen LogP contribution in [0.4, 0.5) is 10.2 Å². The first-order valence-electron chi connectivity index (χ1n) is 10.5. The summed E-state index contributed by atoms with van der Waals surface area (Å²) in [6.07, 6.45) is 1.63. The Balaban J connectivity index is 1.25. The first kappa shape index (κ1) is 22.9. The normalized spacial score (nSPS) is 18.7. The number of sulfonamides is 1. The van der Waals surface area contributed by atoms with E-state index in [1.54, 1.807) is 11.1 Å². The van der Waals surface area contributed by atoms with Crippen molar-refractivity contribution in [3.8, 4) is 0 Å². The summed E-state index contributed by atoms with van der Waals surface area (Å²) >= 11 is 5.89. The first-order valence-corrected chi connectivity index (χ1v) is 12.3. The van der Waals surface area contributed by atoms with Crippen LogP contribution in [-0.2, 0) is 14.8 Å². The SMILES string of the molecule is O=C(CN1CCN(c2ccc(Cl)cn2)CC1)N1CCN(S(=O)(=O)c2ccc(F)cc2)CC1. The van der Waals surface area contributed by atoms with Crippen molar-refractivity contribution in [3.63, 3.8) is 0 Å². The van der Waals surface area contributed by atoms with Crippen molar-refractivity contribution in [3.05, 3.63) is 53.4 Å². The van der Waals surface area contributed by atoms with Gasteiger partial charge in [0.15, 0.2) is 0 Å². The summed E-state index contributed by atoms with van der Waals surface area (Å²) in [5.74, 6) is 0.394. The molecule has 0 atom stereocenters. The molecule has 1 amide bonds. The molecule has 2 saturated heterocycles. The molecule has 0 saturated carbocycles. The third kappa shape index (κ3) is 5.20. The number of benzene rings is 1. The van der Waals surface area contributed by atoms with Gasteiger partial charge in [0.1, 0.15) is 11.6 Å². The Labute approximate surface area is 192 Å². The number of halogens is 2. The second-order valence-corrected chi connectivity index (χ2v) is 10.2. The van der Waals surface area contributed by atoms with Gasteiger partial charge < -0.3 is 9.80 Å². The monoisotopic (exact) mass is 481 g/mol. The van der Waals surface area contributed by atoms with Gasteiger partial charge in [-0.1, -0.05) is 11.6 Å². The molecule has 0 aliphatic carbocycles. The van der Waals surface area contributed by atoms with Crippen molar-refractivity contribution < 1.29 is 17.6 Å². The number of pyridine rings is 1. The van der Waals surface area contributed by atoms with Crippen molar-refractivity contribution >= 4 is 33.3 Å². The molecule has 0 spiro atoms. The number of rotatable bonds is 5. The minimum Gasteiger partial charge on any atom is -0.354 e. The van der Waals surface area contributed by atoms with Crippen LogP contribution in [0.25, 0.3) is 0 Å². The lowest BCUT2D eigenvalue weighted by Crippen LogP contribution is -2.54. The summed E-state index contributed by atoms with van der Waals surface area (Å²) in [5, 5.41) is 0.601. The summed E-state index contributed by atoms with van der Waals surface area (Å²) in [6, 6.07) is 8.51. The van der Waals surface area contributed by atoms with Crippen LogP contribution < -0.4 is 4.90 Å². The van der Waals surface area contributed by atoms with E-state index >= 15 is 0 Å². The van der Waals surface area contributed by atoms with Gasteiger partial charge in [0.2, 0.25) is 15.9 Å². The van der Waals surface area contributed by atoms with Crippen LogP contribution in [0, 0.1) is 5.82 Å². The van der Waals surface area contributed by atoms with Gasteiger partial charge in [-0.25, -0.2) is 17.8 Å². The maximum Gasteiger partial charge on any atom is 0.243 e. The Morgan fingerprint density at radius 1 is 0.938 bits per heavy atom. The number of piperazine rings is 2. The molecule has 0 radical (unpaired) electrons. The Kier molecular flexibility index (Phi) is 6.94. The molecule has 32 heavy (non-hydrogen) atoms. The molecule has 2 aliphatic rings. The predicted octanol–water partition coefficient (Wildman–Crippen LogP) is 1.53. The zero-order chi connectivity index (χ0) is 22.7. The molecule has 3 heterocycles. The Bertz CT molecular complexity index is 1040. The minimum absolute atomic E-state index is 0.00176. The number of carbonyl (C=O) groups is 1. The fourth-order valence-electron chi connectivity index (χ4n) is 3.91. The molecule has 2 aliphatic heterocycles. The number of hydrogen-bond donors (Lipinski definition) is 0. The molecule has 8 nitrogen and oxygen atoms in total. The number of amides is 1. The smallest absolute Gasteiger partial charge is 0.243 e. The van der Waals surface area contributed by atoms with E-state index in [2.05, 4.69) is 14.8 Å². The molecular formula is C21H25ClFN5O3S. The molecule has 1 aromatic carbocycles. The van der Waals surface area contributed by atoms with E-state index in [4.69, 9.17) is 11.6 Å². The minimum atomic E-state index is -3.69. The van der Waals surface area contributed by atoms with Gasteiger partial charge in [-0.15, -0.1) is 0 Å². The quantitative estimate of drug-likeness (QED) is 0.644. The molecule has 0 bridgehead atoms. The standard InChI is InChI=1S/C21H25ClFN5O3S/c22-17-1-6-20(24-15-17)26-9-7-25(8-10-26)16-21(29)27-11-13-28(14-12-27)32(30,31)19-4-2-18(23)3-5-19/h1-6,15H,7-14,16H2. The van der Waals surface area contributed by atoms with E-state index in [9.17, 15) is 17.6 Å². The zero-order valence-electron chi connectivity index (χ0n) is 17.5. The fraction of sp³-hybridized carbons (Fsp3) is 0.429. The molecule has 1 aromatic heterocycles. The van der Waals surface area contributed by atoms with Crippen molar-refractivity contribution in [2.45, 2.75) is 4.90 Å². The Morgan fingerprint density at radius 2 is 1.59 bits per heavy atom. The first-order chi connectivity index (χ1) is 15.3. The van der Waals surface area contributed by atoms with Crippen molar-refractivity contribution in [2.75, 3.05) is 63.8 Å². The topological polar surface area (TPSA) is 77.1 Å². The number of hydrogen-bond acceptors (Lipinski definition) is 6. The highest BCUT2D eigenvalue weighted by Crippen LogP contribution is 2.19. The van der Waals surface area contributed by atoms with E-state index in [-0.39, 0.29) is 23.9 Å². The highest BCUT2D eigenvalue weighted by molar-refractivity contribution is 7.89. The second-order valence-electron chi connectivity index (χ2n) is 7.84. The molecular weight excluding hydrogens is 457 g/mol. The van der Waals surface area contributed by atoms with Gasteiger partial charge in [0, 0.05) is 58.6 Å². The van der Waals surface area contributed by atoms with Gasteiger partial charge in [-0.2, -0.15) is 4.31 Å². The van der Waals surface area contributed by atoms with Crippen LogP contribution in [0.15, 0.2) is 47.5 Å². The number of anilines is 1. The summed E-state index contributed by atoms with van der Waals surface area (Å²) in [4.78, 5) is 23.1. The van der Waals surface area contributed by atoms with Crippen molar-refractivity contribution in [1.82, 2.24) is 19.1 Å². The van der Waals surface area contributed by atoms with Gasteiger partial charge >= 0.3 is 0 Å². The number of aromatic nitrogens is 1. The lowest BCUT2D eigenvalue weighted by Gasteiger charge is -2.38.